The van der Waals surface area contributed by atoms with Gasteiger partial charge in [0.15, 0.2) is 0 Å². The molecule has 0 aromatic heterocycles. The molecule has 23 heavy (non-hydrogen) atoms. The maximum absolute atomic E-state index is 12.8. The van der Waals surface area contributed by atoms with E-state index in [9.17, 15) is 14.3 Å². The molecule has 0 heterocycles. The van der Waals surface area contributed by atoms with Crippen LogP contribution in [0.3, 0.4) is 0 Å². The molecule has 1 aromatic rings. The van der Waals surface area contributed by atoms with Crippen LogP contribution in [0.5, 0.6) is 0 Å². The minimum Gasteiger partial charge on any atom is -0.391 e. The van der Waals surface area contributed by atoms with Crippen LogP contribution in [0.4, 0.5) is 9.18 Å². The summed E-state index contributed by atoms with van der Waals surface area (Å²) in [5.74, 6) is -0.236. The van der Waals surface area contributed by atoms with Gasteiger partial charge in [-0.1, -0.05) is 25.0 Å². The molecule has 1 fully saturated rings. The fourth-order valence-electron chi connectivity index (χ4n) is 2.84. The van der Waals surface area contributed by atoms with Crippen LogP contribution in [0.1, 0.15) is 31.2 Å². The van der Waals surface area contributed by atoms with Gasteiger partial charge in [0.2, 0.25) is 0 Å². The standard InChI is InChI=1S/C17H26FN3O2/c1-21(12-13-6-8-14(18)9-7-13)11-10-19-17(23)20-15-4-2-3-5-16(15)22/h6-9,15-16,22H,2-5,10-12H2,1H3,(H2,19,20,23). The van der Waals surface area contributed by atoms with E-state index in [0.29, 0.717) is 19.6 Å². The number of amides is 2. The molecule has 0 aliphatic heterocycles. The van der Waals surface area contributed by atoms with Crippen molar-refractivity contribution in [2.45, 2.75) is 44.4 Å². The lowest BCUT2D eigenvalue weighted by Gasteiger charge is -2.28. The first-order valence-corrected chi connectivity index (χ1v) is 8.20. The first-order valence-electron chi connectivity index (χ1n) is 8.20. The number of carbonyl (C=O) groups excluding carboxylic acids is 1. The highest BCUT2D eigenvalue weighted by Crippen LogP contribution is 2.18. The number of likely N-dealkylation sites (N-methyl/N-ethyl adjacent to an activating group) is 1. The largest absolute Gasteiger partial charge is 0.391 e. The average molecular weight is 323 g/mol. The monoisotopic (exact) mass is 323 g/mol. The maximum atomic E-state index is 12.8. The zero-order valence-electron chi connectivity index (χ0n) is 13.6. The summed E-state index contributed by atoms with van der Waals surface area (Å²) in [6.07, 6.45) is 3.22. The molecule has 2 amide bonds. The zero-order chi connectivity index (χ0) is 16.7. The molecule has 1 aliphatic carbocycles. The van der Waals surface area contributed by atoms with E-state index in [1.807, 2.05) is 7.05 Å². The van der Waals surface area contributed by atoms with Gasteiger partial charge in [0.05, 0.1) is 12.1 Å². The van der Waals surface area contributed by atoms with Gasteiger partial charge in [-0.2, -0.15) is 0 Å². The Hall–Kier alpha value is -1.66. The predicted octanol–water partition coefficient (Wildman–Crippen LogP) is 1.86. The van der Waals surface area contributed by atoms with Crippen LogP contribution < -0.4 is 10.6 Å². The van der Waals surface area contributed by atoms with Crippen molar-refractivity contribution < 1.29 is 14.3 Å². The molecule has 2 rings (SSSR count). The Kier molecular flexibility index (Phi) is 6.80. The summed E-state index contributed by atoms with van der Waals surface area (Å²) in [7, 11) is 1.95. The Morgan fingerprint density at radius 2 is 2.00 bits per heavy atom. The van der Waals surface area contributed by atoms with Crippen molar-refractivity contribution in [2.75, 3.05) is 20.1 Å². The van der Waals surface area contributed by atoms with Gasteiger partial charge >= 0.3 is 6.03 Å². The highest BCUT2D eigenvalue weighted by atomic mass is 19.1. The van der Waals surface area contributed by atoms with Crippen LogP contribution in [0.25, 0.3) is 0 Å². The van der Waals surface area contributed by atoms with Crippen LogP contribution in [-0.4, -0.2) is 48.3 Å². The molecule has 128 valence electrons. The Balaban J connectivity index is 1.63. The van der Waals surface area contributed by atoms with Crippen molar-refractivity contribution in [3.05, 3.63) is 35.6 Å². The average Bonchev–Trinajstić information content (AvgIpc) is 2.52. The molecular formula is C17H26FN3O2. The fourth-order valence-corrected chi connectivity index (χ4v) is 2.84. The number of carbonyl (C=O) groups is 1. The molecule has 2 atom stereocenters. The van der Waals surface area contributed by atoms with E-state index in [1.165, 1.54) is 12.1 Å². The second-order valence-electron chi connectivity index (χ2n) is 6.22. The van der Waals surface area contributed by atoms with Crippen molar-refractivity contribution in [3.8, 4) is 0 Å². The van der Waals surface area contributed by atoms with E-state index in [-0.39, 0.29) is 17.9 Å². The molecule has 0 saturated heterocycles. The van der Waals surface area contributed by atoms with Gasteiger partial charge in [-0.25, -0.2) is 9.18 Å². The number of nitrogens with zero attached hydrogens (tertiary/aromatic N) is 1. The van der Waals surface area contributed by atoms with Gasteiger partial charge in [0.1, 0.15) is 5.82 Å². The molecule has 1 aliphatic rings. The topological polar surface area (TPSA) is 64.6 Å². The number of rotatable bonds is 6. The van der Waals surface area contributed by atoms with Crippen molar-refractivity contribution in [2.24, 2.45) is 0 Å². The summed E-state index contributed by atoms with van der Waals surface area (Å²) >= 11 is 0. The number of urea groups is 1. The Morgan fingerprint density at radius 1 is 1.30 bits per heavy atom. The lowest BCUT2D eigenvalue weighted by molar-refractivity contribution is 0.0943. The van der Waals surface area contributed by atoms with Crippen LogP contribution in [0.2, 0.25) is 0 Å². The number of benzene rings is 1. The molecule has 3 N–H and O–H groups in total. The Morgan fingerprint density at radius 3 is 2.70 bits per heavy atom. The van der Waals surface area contributed by atoms with Crippen molar-refractivity contribution in [1.82, 2.24) is 15.5 Å². The van der Waals surface area contributed by atoms with E-state index in [1.54, 1.807) is 12.1 Å². The zero-order valence-corrected chi connectivity index (χ0v) is 13.6. The third kappa shape index (κ3) is 6.15. The van der Waals surface area contributed by atoms with E-state index < -0.39 is 6.10 Å². The highest BCUT2D eigenvalue weighted by molar-refractivity contribution is 5.74. The number of hydrogen-bond acceptors (Lipinski definition) is 3. The molecule has 0 spiro atoms. The van der Waals surface area contributed by atoms with E-state index in [0.717, 1.165) is 31.2 Å². The molecule has 1 saturated carbocycles. The maximum Gasteiger partial charge on any atom is 0.315 e. The van der Waals surface area contributed by atoms with Gasteiger partial charge in [-0.3, -0.25) is 0 Å². The van der Waals surface area contributed by atoms with Gasteiger partial charge < -0.3 is 20.6 Å². The minimum atomic E-state index is -0.435. The number of halogens is 1. The number of aliphatic hydroxyl groups excluding tert-OH is 1. The van der Waals surface area contributed by atoms with Gasteiger partial charge in [0, 0.05) is 19.6 Å². The van der Waals surface area contributed by atoms with Gasteiger partial charge in [-0.15, -0.1) is 0 Å². The molecular weight excluding hydrogens is 297 g/mol. The number of nitrogens with one attached hydrogen (secondary N) is 2. The van der Waals surface area contributed by atoms with Crippen molar-refractivity contribution >= 4 is 6.03 Å². The van der Waals surface area contributed by atoms with Gasteiger partial charge in [0.25, 0.3) is 0 Å². The summed E-state index contributed by atoms with van der Waals surface area (Å²) in [5.41, 5.74) is 1.03. The van der Waals surface area contributed by atoms with Crippen molar-refractivity contribution in [3.63, 3.8) is 0 Å². The SMILES string of the molecule is CN(CCNC(=O)NC1CCCCC1O)Cc1ccc(F)cc1. The third-order valence-corrected chi connectivity index (χ3v) is 4.19. The summed E-state index contributed by atoms with van der Waals surface area (Å²) in [5, 5.41) is 15.5. The Labute approximate surface area is 136 Å². The lowest BCUT2D eigenvalue weighted by atomic mass is 9.93. The molecule has 5 nitrogen and oxygen atoms in total. The highest BCUT2D eigenvalue weighted by Gasteiger charge is 2.24. The Bertz CT molecular complexity index is 495. The lowest BCUT2D eigenvalue weighted by Crippen LogP contribution is -2.49. The quantitative estimate of drug-likeness (QED) is 0.749. The first-order chi connectivity index (χ1) is 11.0. The van der Waals surface area contributed by atoms with Gasteiger partial charge in [-0.05, 0) is 37.6 Å². The molecule has 2 unspecified atom stereocenters. The summed E-state index contributed by atoms with van der Waals surface area (Å²) in [6.45, 7) is 1.91. The van der Waals surface area contributed by atoms with E-state index >= 15 is 0 Å². The second kappa shape index (κ2) is 8.84. The van der Waals surface area contributed by atoms with E-state index in [4.69, 9.17) is 0 Å². The molecule has 6 heteroatoms. The smallest absolute Gasteiger partial charge is 0.315 e. The van der Waals surface area contributed by atoms with Crippen LogP contribution in [0.15, 0.2) is 24.3 Å². The van der Waals surface area contributed by atoms with Crippen LogP contribution in [0, 0.1) is 5.82 Å². The number of aliphatic hydroxyl groups is 1. The van der Waals surface area contributed by atoms with Crippen molar-refractivity contribution in [1.29, 1.82) is 0 Å². The summed E-state index contributed by atoms with van der Waals surface area (Å²) < 4.78 is 12.8. The minimum absolute atomic E-state index is 0.138. The number of hydrogen-bond donors (Lipinski definition) is 3. The van der Waals surface area contributed by atoms with E-state index in [2.05, 4.69) is 15.5 Å². The predicted molar refractivity (Wildman–Crippen MR) is 87.5 cm³/mol. The first kappa shape index (κ1) is 17.7. The normalized spacial score (nSPS) is 21.2. The fraction of sp³-hybridized carbons (Fsp3) is 0.588. The molecule has 1 aromatic carbocycles. The summed E-state index contributed by atoms with van der Waals surface area (Å²) in [6, 6.07) is 6.05. The summed E-state index contributed by atoms with van der Waals surface area (Å²) in [4.78, 5) is 13.9. The second-order valence-corrected chi connectivity index (χ2v) is 6.22. The molecule has 0 bridgehead atoms. The third-order valence-electron chi connectivity index (χ3n) is 4.19. The van der Waals surface area contributed by atoms with Crippen LogP contribution >= 0.6 is 0 Å². The van der Waals surface area contributed by atoms with Crippen LogP contribution in [-0.2, 0) is 6.54 Å². The molecule has 0 radical (unpaired) electrons.